The summed E-state index contributed by atoms with van der Waals surface area (Å²) in [7, 11) is 0. The summed E-state index contributed by atoms with van der Waals surface area (Å²) in [6, 6.07) is 0. The molecule has 0 atom stereocenters. The minimum Gasteiger partial charge on any atom is -0.112 e. The molecular weight excluding hydrogens is 276 g/mol. The molecule has 2 aliphatic rings. The van der Waals surface area contributed by atoms with Crippen molar-refractivity contribution in [3.05, 3.63) is 76.6 Å². The van der Waals surface area contributed by atoms with Gasteiger partial charge in [0.15, 0.2) is 0 Å². The maximum Gasteiger partial charge on any atom is 0.0277 e. The molecule has 2 aliphatic carbocycles. The fraction of sp³-hybridized carbons (Fsp3) is 0.435. The van der Waals surface area contributed by atoms with Gasteiger partial charge in [-0.25, -0.2) is 0 Å². The maximum atomic E-state index is 3.49. The van der Waals surface area contributed by atoms with E-state index in [0.29, 0.717) is 0 Å². The van der Waals surface area contributed by atoms with Gasteiger partial charge in [-0.15, -0.1) is 5.73 Å². The van der Waals surface area contributed by atoms with E-state index in [4.69, 9.17) is 0 Å². The molecule has 0 heteroatoms. The summed E-state index contributed by atoms with van der Waals surface area (Å²) in [5, 5.41) is 0. The van der Waals surface area contributed by atoms with E-state index in [1.165, 1.54) is 22.3 Å². The Balaban J connectivity index is 0.00000127. The van der Waals surface area contributed by atoms with Gasteiger partial charge in [0, 0.05) is 16.4 Å². The van der Waals surface area contributed by atoms with Crippen molar-refractivity contribution in [2.75, 3.05) is 0 Å². The van der Waals surface area contributed by atoms with Crippen molar-refractivity contribution in [2.45, 2.75) is 55.4 Å². The third-order valence-electron chi connectivity index (χ3n) is 4.34. The summed E-state index contributed by atoms with van der Waals surface area (Å²) in [5.74, 6) is 0. The summed E-state index contributed by atoms with van der Waals surface area (Å²) in [4.78, 5) is 0. The van der Waals surface area contributed by atoms with Crippen LogP contribution in [0.5, 0.6) is 0 Å². The zero-order chi connectivity index (χ0) is 17.7. The molecule has 0 fully saturated rings. The van der Waals surface area contributed by atoms with Gasteiger partial charge in [-0.1, -0.05) is 84.1 Å². The smallest absolute Gasteiger partial charge is 0.0277 e. The van der Waals surface area contributed by atoms with E-state index in [9.17, 15) is 0 Å². The van der Waals surface area contributed by atoms with Gasteiger partial charge < -0.3 is 0 Å². The molecule has 0 aliphatic heterocycles. The average molecular weight is 309 g/mol. The summed E-state index contributed by atoms with van der Waals surface area (Å²) in [5.41, 5.74) is 8.94. The van der Waals surface area contributed by atoms with Gasteiger partial charge in [-0.2, -0.15) is 0 Å². The van der Waals surface area contributed by atoms with Crippen molar-refractivity contribution in [2.24, 2.45) is 10.8 Å². The Kier molecular flexibility index (Phi) is 6.42. The van der Waals surface area contributed by atoms with E-state index in [1.54, 1.807) is 0 Å². The van der Waals surface area contributed by atoms with Crippen molar-refractivity contribution < 1.29 is 0 Å². The highest BCUT2D eigenvalue weighted by atomic mass is 14.4. The largest absolute Gasteiger partial charge is 0.112 e. The van der Waals surface area contributed by atoms with Gasteiger partial charge in [0.1, 0.15) is 0 Å². The molecule has 0 aromatic heterocycles. The lowest BCUT2D eigenvalue weighted by molar-refractivity contribution is 0.573. The van der Waals surface area contributed by atoms with Crippen LogP contribution in [0.25, 0.3) is 0 Å². The summed E-state index contributed by atoms with van der Waals surface area (Å²) in [6.45, 7) is 17.2. The zero-order valence-corrected chi connectivity index (χ0v) is 16.1. The molecule has 0 saturated heterocycles. The van der Waals surface area contributed by atoms with E-state index in [-0.39, 0.29) is 10.8 Å². The lowest BCUT2D eigenvalue weighted by atomic mass is 9.80. The fourth-order valence-electron chi connectivity index (χ4n) is 3.09. The Labute approximate surface area is 143 Å². The van der Waals surface area contributed by atoms with E-state index >= 15 is 0 Å². The second-order valence-electron chi connectivity index (χ2n) is 6.85. The highest BCUT2D eigenvalue weighted by molar-refractivity contribution is 5.68. The Morgan fingerprint density at radius 2 is 1.57 bits per heavy atom. The lowest BCUT2D eigenvalue weighted by Gasteiger charge is -2.23. The SMILES string of the molecule is C/C=C1\C(=C=C/C=C/C)C2=C(C=CC(C)(C)C=C2)C1(C)C.CC. The summed E-state index contributed by atoms with van der Waals surface area (Å²) < 4.78 is 0. The molecule has 0 amide bonds. The second-order valence-corrected chi connectivity index (χ2v) is 6.85. The van der Waals surface area contributed by atoms with Gasteiger partial charge in [0.05, 0.1) is 0 Å². The van der Waals surface area contributed by atoms with Crippen LogP contribution in [0.1, 0.15) is 55.4 Å². The maximum absolute atomic E-state index is 3.49. The van der Waals surface area contributed by atoms with Crippen LogP contribution in [-0.2, 0) is 0 Å². The van der Waals surface area contributed by atoms with E-state index in [0.717, 1.165) is 0 Å². The van der Waals surface area contributed by atoms with Crippen LogP contribution in [0.4, 0.5) is 0 Å². The van der Waals surface area contributed by atoms with Crippen molar-refractivity contribution in [3.8, 4) is 0 Å². The molecule has 0 nitrogen and oxygen atoms in total. The number of rotatable bonds is 1. The topological polar surface area (TPSA) is 0 Å². The standard InChI is InChI=1S/C21H26.C2H6/c1-7-9-10-11-16-17-12-14-20(3,4)15-13-19(17)21(5,6)18(16)8-2;1-2/h7-10,12-15H,1-6H3;1-2H3/b9-7+,18-8+;. The molecule has 23 heavy (non-hydrogen) atoms. The second kappa shape index (κ2) is 7.66. The molecule has 0 heterocycles. The quantitative estimate of drug-likeness (QED) is 0.358. The van der Waals surface area contributed by atoms with Crippen LogP contribution >= 0.6 is 0 Å². The molecule has 2 rings (SSSR count). The van der Waals surface area contributed by atoms with Crippen LogP contribution in [0, 0.1) is 10.8 Å². The van der Waals surface area contributed by atoms with Crippen LogP contribution < -0.4 is 0 Å². The van der Waals surface area contributed by atoms with Crippen LogP contribution in [-0.4, -0.2) is 0 Å². The van der Waals surface area contributed by atoms with Crippen molar-refractivity contribution >= 4 is 0 Å². The van der Waals surface area contributed by atoms with E-state index in [2.05, 4.69) is 70.7 Å². The minimum absolute atomic E-state index is 0.0391. The fourth-order valence-corrected chi connectivity index (χ4v) is 3.09. The molecule has 0 N–H and O–H groups in total. The third kappa shape index (κ3) is 3.95. The molecule has 124 valence electrons. The Morgan fingerprint density at radius 3 is 2.13 bits per heavy atom. The highest BCUT2D eigenvalue weighted by Crippen LogP contribution is 2.51. The number of allylic oxidation sites excluding steroid dienone is 11. The molecule has 0 bridgehead atoms. The van der Waals surface area contributed by atoms with Crippen LogP contribution in [0.15, 0.2) is 76.6 Å². The zero-order valence-electron chi connectivity index (χ0n) is 16.1. The van der Waals surface area contributed by atoms with Crippen molar-refractivity contribution in [1.82, 2.24) is 0 Å². The predicted molar refractivity (Wildman–Crippen MR) is 104 cm³/mol. The average Bonchev–Trinajstić information content (AvgIpc) is 2.60. The van der Waals surface area contributed by atoms with Gasteiger partial charge in [-0.05, 0) is 36.6 Å². The minimum atomic E-state index is 0.0391. The highest BCUT2D eigenvalue weighted by Gasteiger charge is 2.38. The third-order valence-corrected chi connectivity index (χ3v) is 4.34. The number of hydrogen-bond acceptors (Lipinski definition) is 0. The first-order valence-corrected chi connectivity index (χ1v) is 8.72. The van der Waals surface area contributed by atoms with Crippen LogP contribution in [0.2, 0.25) is 0 Å². The van der Waals surface area contributed by atoms with Crippen molar-refractivity contribution in [3.63, 3.8) is 0 Å². The van der Waals surface area contributed by atoms with Gasteiger partial charge in [0.25, 0.3) is 0 Å². The van der Waals surface area contributed by atoms with Gasteiger partial charge >= 0.3 is 0 Å². The van der Waals surface area contributed by atoms with Gasteiger partial charge in [0.2, 0.25) is 0 Å². The molecule has 0 aromatic rings. The first-order chi connectivity index (χ1) is 10.8. The lowest BCUT2D eigenvalue weighted by Crippen LogP contribution is -2.12. The van der Waals surface area contributed by atoms with E-state index < -0.39 is 0 Å². The molecular formula is C23H32. The molecule has 0 unspecified atom stereocenters. The molecule has 0 radical (unpaired) electrons. The first kappa shape index (κ1) is 19.3. The van der Waals surface area contributed by atoms with Crippen LogP contribution in [0.3, 0.4) is 0 Å². The molecule has 0 aromatic carbocycles. The Bertz CT molecular complexity index is 646. The monoisotopic (exact) mass is 308 g/mol. The normalized spacial score (nSPS) is 22.6. The molecule has 0 saturated carbocycles. The van der Waals surface area contributed by atoms with Crippen molar-refractivity contribution in [1.29, 1.82) is 0 Å². The summed E-state index contributed by atoms with van der Waals surface area (Å²) >= 11 is 0. The van der Waals surface area contributed by atoms with Gasteiger partial charge in [-0.3, -0.25) is 0 Å². The Hall–Kier alpha value is -1.78. The summed E-state index contributed by atoms with van der Waals surface area (Å²) in [6.07, 6.45) is 17.5. The first-order valence-electron chi connectivity index (χ1n) is 8.72. The Morgan fingerprint density at radius 1 is 0.957 bits per heavy atom. The number of hydrogen-bond donors (Lipinski definition) is 0. The predicted octanol–water partition coefficient (Wildman–Crippen LogP) is 7.11. The molecule has 0 spiro atoms. The van der Waals surface area contributed by atoms with E-state index in [1.807, 2.05) is 39.0 Å².